The van der Waals surface area contributed by atoms with Crippen LogP contribution in [0, 0.1) is 0 Å². The second-order valence-corrected chi connectivity index (χ2v) is 4.39. The van der Waals surface area contributed by atoms with Crippen molar-refractivity contribution in [2.45, 2.75) is 6.54 Å². The highest BCUT2D eigenvalue weighted by atomic mass is 16.1. The van der Waals surface area contributed by atoms with E-state index in [4.69, 9.17) is 5.84 Å². The van der Waals surface area contributed by atoms with Gasteiger partial charge in [-0.15, -0.1) is 0 Å². The number of pyridine rings is 1. The lowest BCUT2D eigenvalue weighted by atomic mass is 10.2. The zero-order valence-electron chi connectivity index (χ0n) is 10.7. The van der Waals surface area contributed by atoms with Gasteiger partial charge in [-0.3, -0.25) is 9.36 Å². The molecule has 0 aliphatic rings. The van der Waals surface area contributed by atoms with Crippen molar-refractivity contribution in [3.05, 3.63) is 64.8 Å². The van der Waals surface area contributed by atoms with Crippen LogP contribution in [0.2, 0.25) is 0 Å². The Labute approximate surface area is 114 Å². The summed E-state index contributed by atoms with van der Waals surface area (Å²) in [7, 11) is 0. The van der Waals surface area contributed by atoms with Gasteiger partial charge in [0.2, 0.25) is 0 Å². The standard InChI is InChI=1S/C14H13N5O/c15-18-13-6-5-10(7-16-13)8-19-9-17-12-4-2-1-3-11(12)14(19)20/h1-7,9H,8,15H2,(H,16,18). The predicted molar refractivity (Wildman–Crippen MR) is 77.2 cm³/mol. The molecule has 2 heterocycles. The monoisotopic (exact) mass is 267 g/mol. The summed E-state index contributed by atoms with van der Waals surface area (Å²) in [4.78, 5) is 20.7. The molecular formula is C14H13N5O. The Kier molecular flexibility index (Phi) is 3.14. The lowest BCUT2D eigenvalue weighted by molar-refractivity contribution is 0.745. The minimum Gasteiger partial charge on any atom is -0.308 e. The van der Waals surface area contributed by atoms with E-state index in [-0.39, 0.29) is 5.56 Å². The molecule has 3 aromatic rings. The molecular weight excluding hydrogens is 254 g/mol. The fourth-order valence-corrected chi connectivity index (χ4v) is 2.02. The van der Waals surface area contributed by atoms with E-state index in [0.717, 1.165) is 5.56 Å². The topological polar surface area (TPSA) is 85.8 Å². The van der Waals surface area contributed by atoms with Crippen LogP contribution in [0.15, 0.2) is 53.7 Å². The number of nitrogens with two attached hydrogens (primary N) is 1. The molecule has 100 valence electrons. The summed E-state index contributed by atoms with van der Waals surface area (Å²) in [5, 5.41) is 0.614. The van der Waals surface area contributed by atoms with Crippen molar-refractivity contribution in [2.24, 2.45) is 5.84 Å². The molecule has 0 aliphatic heterocycles. The van der Waals surface area contributed by atoms with Crippen LogP contribution in [0.25, 0.3) is 10.9 Å². The fourth-order valence-electron chi connectivity index (χ4n) is 2.02. The molecule has 0 amide bonds. The van der Waals surface area contributed by atoms with Crippen LogP contribution in [0.3, 0.4) is 0 Å². The first kappa shape index (κ1) is 12.3. The third-order valence-electron chi connectivity index (χ3n) is 3.06. The molecule has 6 heteroatoms. The number of nitrogens with zero attached hydrogens (tertiary/aromatic N) is 3. The smallest absolute Gasteiger partial charge is 0.261 e. The van der Waals surface area contributed by atoms with Gasteiger partial charge in [0.25, 0.3) is 5.56 Å². The summed E-state index contributed by atoms with van der Waals surface area (Å²) in [6.07, 6.45) is 3.23. The van der Waals surface area contributed by atoms with Crippen molar-refractivity contribution in [2.75, 3.05) is 5.43 Å². The van der Waals surface area contributed by atoms with Crippen LogP contribution in [-0.4, -0.2) is 14.5 Å². The molecule has 0 bridgehead atoms. The van der Waals surface area contributed by atoms with Crippen molar-refractivity contribution < 1.29 is 0 Å². The van der Waals surface area contributed by atoms with E-state index in [0.29, 0.717) is 23.3 Å². The molecule has 0 atom stereocenters. The van der Waals surface area contributed by atoms with Gasteiger partial charge in [-0.25, -0.2) is 15.8 Å². The number of benzene rings is 1. The van der Waals surface area contributed by atoms with Gasteiger partial charge in [0.15, 0.2) is 0 Å². The molecule has 3 rings (SSSR count). The van der Waals surface area contributed by atoms with E-state index in [9.17, 15) is 4.79 Å². The number of para-hydroxylation sites is 1. The molecule has 2 aromatic heterocycles. The fraction of sp³-hybridized carbons (Fsp3) is 0.0714. The van der Waals surface area contributed by atoms with Crippen LogP contribution in [-0.2, 0) is 6.54 Å². The van der Waals surface area contributed by atoms with E-state index in [1.165, 1.54) is 0 Å². The van der Waals surface area contributed by atoms with Crippen LogP contribution in [0.1, 0.15) is 5.56 Å². The first-order chi connectivity index (χ1) is 9.78. The average molecular weight is 267 g/mol. The van der Waals surface area contributed by atoms with E-state index in [2.05, 4.69) is 15.4 Å². The summed E-state index contributed by atoms with van der Waals surface area (Å²) >= 11 is 0. The third kappa shape index (κ3) is 2.24. The summed E-state index contributed by atoms with van der Waals surface area (Å²) in [6, 6.07) is 10.9. The molecule has 20 heavy (non-hydrogen) atoms. The quantitative estimate of drug-likeness (QED) is 0.548. The van der Waals surface area contributed by atoms with Gasteiger partial charge in [0.1, 0.15) is 5.82 Å². The third-order valence-corrected chi connectivity index (χ3v) is 3.06. The molecule has 6 nitrogen and oxygen atoms in total. The number of anilines is 1. The highest BCUT2D eigenvalue weighted by molar-refractivity contribution is 5.76. The van der Waals surface area contributed by atoms with Gasteiger partial charge in [0, 0.05) is 6.20 Å². The number of rotatable bonds is 3. The molecule has 0 saturated heterocycles. The number of fused-ring (bicyclic) bond motifs is 1. The van der Waals surface area contributed by atoms with Gasteiger partial charge in [-0.05, 0) is 23.8 Å². The Balaban J connectivity index is 1.98. The van der Waals surface area contributed by atoms with E-state index in [1.807, 2.05) is 24.3 Å². The van der Waals surface area contributed by atoms with Gasteiger partial charge in [-0.2, -0.15) is 0 Å². The van der Waals surface area contributed by atoms with Gasteiger partial charge in [-0.1, -0.05) is 18.2 Å². The minimum absolute atomic E-state index is 0.0587. The maximum absolute atomic E-state index is 12.3. The Morgan fingerprint density at radius 3 is 2.75 bits per heavy atom. The summed E-state index contributed by atoms with van der Waals surface area (Å²) in [6.45, 7) is 0.425. The number of nitrogens with one attached hydrogen (secondary N) is 1. The van der Waals surface area contributed by atoms with Crippen molar-refractivity contribution in [1.82, 2.24) is 14.5 Å². The predicted octanol–water partition coefficient (Wildman–Crippen LogP) is 1.13. The minimum atomic E-state index is -0.0587. The van der Waals surface area contributed by atoms with E-state index in [1.54, 1.807) is 29.2 Å². The van der Waals surface area contributed by atoms with Gasteiger partial charge in [0.05, 0.1) is 23.8 Å². The van der Waals surface area contributed by atoms with Crippen molar-refractivity contribution >= 4 is 16.7 Å². The molecule has 0 aliphatic carbocycles. The summed E-state index contributed by atoms with van der Waals surface area (Å²) in [5.74, 6) is 5.84. The zero-order valence-corrected chi connectivity index (χ0v) is 10.7. The van der Waals surface area contributed by atoms with Crippen LogP contribution in [0.5, 0.6) is 0 Å². The summed E-state index contributed by atoms with van der Waals surface area (Å²) < 4.78 is 1.56. The summed E-state index contributed by atoms with van der Waals surface area (Å²) in [5.41, 5.74) is 4.01. The Morgan fingerprint density at radius 2 is 2.00 bits per heavy atom. The van der Waals surface area contributed by atoms with E-state index < -0.39 is 0 Å². The van der Waals surface area contributed by atoms with Crippen molar-refractivity contribution in [1.29, 1.82) is 0 Å². The molecule has 0 unspecified atom stereocenters. The maximum Gasteiger partial charge on any atom is 0.261 e. The Hall–Kier alpha value is -2.73. The SMILES string of the molecule is NNc1ccc(Cn2cnc3ccccc3c2=O)cn1. The second-order valence-electron chi connectivity index (χ2n) is 4.39. The molecule has 0 radical (unpaired) electrons. The largest absolute Gasteiger partial charge is 0.308 e. The average Bonchev–Trinajstić information content (AvgIpc) is 2.51. The highest BCUT2D eigenvalue weighted by Gasteiger charge is 2.04. The Morgan fingerprint density at radius 1 is 1.15 bits per heavy atom. The number of aromatic nitrogens is 3. The number of hydrazine groups is 1. The first-order valence-corrected chi connectivity index (χ1v) is 6.13. The van der Waals surface area contributed by atoms with Crippen molar-refractivity contribution in [3.63, 3.8) is 0 Å². The number of nitrogen functional groups attached to an aromatic ring is 1. The first-order valence-electron chi connectivity index (χ1n) is 6.13. The number of hydrogen-bond donors (Lipinski definition) is 2. The van der Waals surface area contributed by atoms with Crippen LogP contribution < -0.4 is 16.8 Å². The van der Waals surface area contributed by atoms with Crippen molar-refractivity contribution in [3.8, 4) is 0 Å². The highest BCUT2D eigenvalue weighted by Crippen LogP contribution is 2.07. The van der Waals surface area contributed by atoms with Crippen LogP contribution >= 0.6 is 0 Å². The van der Waals surface area contributed by atoms with Crippen LogP contribution in [0.4, 0.5) is 5.82 Å². The van der Waals surface area contributed by atoms with E-state index >= 15 is 0 Å². The molecule has 3 N–H and O–H groups in total. The molecule has 0 spiro atoms. The molecule has 1 aromatic carbocycles. The lowest BCUT2D eigenvalue weighted by Crippen LogP contribution is -2.21. The Bertz CT molecular complexity index is 795. The lowest BCUT2D eigenvalue weighted by Gasteiger charge is -2.07. The molecule has 0 fully saturated rings. The van der Waals surface area contributed by atoms with Gasteiger partial charge < -0.3 is 5.43 Å². The number of hydrogen-bond acceptors (Lipinski definition) is 5. The normalized spacial score (nSPS) is 10.7. The van der Waals surface area contributed by atoms with Gasteiger partial charge >= 0.3 is 0 Å². The zero-order chi connectivity index (χ0) is 13.9. The molecule has 0 saturated carbocycles. The second kappa shape index (κ2) is 5.10. The maximum atomic E-state index is 12.3.